The standard InChI is InChI=1S/C15H17BrN4O/c1-11-8-13(16)2-3-14(11)19-10-12(9-17)15(21)20-6-4-18-5-7-20/h2-3,8,10,18-19H,4-7H2,1H3/b12-10-. The van der Waals surface area contributed by atoms with Gasteiger partial charge in [-0.3, -0.25) is 4.79 Å². The van der Waals surface area contributed by atoms with Crippen LogP contribution < -0.4 is 10.6 Å². The quantitative estimate of drug-likeness (QED) is 0.647. The number of nitriles is 1. The summed E-state index contributed by atoms with van der Waals surface area (Å²) in [6.45, 7) is 4.77. The molecule has 1 aliphatic rings. The zero-order valence-corrected chi connectivity index (χ0v) is 13.4. The van der Waals surface area contributed by atoms with Crippen molar-refractivity contribution in [1.29, 1.82) is 5.26 Å². The molecule has 1 aromatic rings. The van der Waals surface area contributed by atoms with Gasteiger partial charge in [-0.25, -0.2) is 0 Å². The lowest BCUT2D eigenvalue weighted by atomic mass is 10.2. The van der Waals surface area contributed by atoms with E-state index >= 15 is 0 Å². The molecule has 1 amide bonds. The van der Waals surface area contributed by atoms with Crippen molar-refractivity contribution in [3.63, 3.8) is 0 Å². The van der Waals surface area contributed by atoms with Crippen molar-refractivity contribution in [3.05, 3.63) is 40.0 Å². The van der Waals surface area contributed by atoms with Crippen LogP contribution in [0.4, 0.5) is 5.69 Å². The molecule has 21 heavy (non-hydrogen) atoms. The SMILES string of the molecule is Cc1cc(Br)ccc1N/C=C(/C#N)C(=O)N1CCNCC1. The first-order valence-corrected chi connectivity index (χ1v) is 7.54. The highest BCUT2D eigenvalue weighted by atomic mass is 79.9. The number of anilines is 1. The number of benzene rings is 1. The maximum atomic E-state index is 12.2. The van der Waals surface area contributed by atoms with Gasteiger partial charge in [0, 0.05) is 42.5 Å². The van der Waals surface area contributed by atoms with Gasteiger partial charge in [-0.1, -0.05) is 15.9 Å². The number of nitrogens with one attached hydrogen (secondary N) is 2. The van der Waals surface area contributed by atoms with E-state index in [0.717, 1.165) is 28.8 Å². The molecule has 0 radical (unpaired) electrons. The number of aryl methyl sites for hydroxylation is 1. The van der Waals surface area contributed by atoms with E-state index < -0.39 is 0 Å². The van der Waals surface area contributed by atoms with Crippen molar-refractivity contribution in [1.82, 2.24) is 10.2 Å². The van der Waals surface area contributed by atoms with E-state index in [1.165, 1.54) is 6.20 Å². The van der Waals surface area contributed by atoms with Crippen LogP contribution in [0.25, 0.3) is 0 Å². The first-order valence-electron chi connectivity index (χ1n) is 6.75. The molecular weight excluding hydrogens is 332 g/mol. The molecule has 110 valence electrons. The molecule has 0 saturated carbocycles. The van der Waals surface area contributed by atoms with Gasteiger partial charge in [-0.05, 0) is 30.7 Å². The molecule has 1 aromatic carbocycles. The predicted molar refractivity (Wildman–Crippen MR) is 85.6 cm³/mol. The fourth-order valence-corrected chi connectivity index (χ4v) is 2.59. The molecule has 6 heteroatoms. The van der Waals surface area contributed by atoms with Crippen LogP contribution in [-0.4, -0.2) is 37.0 Å². The zero-order chi connectivity index (χ0) is 15.2. The van der Waals surface area contributed by atoms with Crippen molar-refractivity contribution < 1.29 is 4.79 Å². The second-order valence-electron chi connectivity index (χ2n) is 4.82. The number of amides is 1. The number of carbonyl (C=O) groups is 1. The highest BCUT2D eigenvalue weighted by Gasteiger charge is 2.19. The van der Waals surface area contributed by atoms with Crippen LogP contribution in [0.2, 0.25) is 0 Å². The minimum Gasteiger partial charge on any atom is -0.360 e. The second-order valence-corrected chi connectivity index (χ2v) is 5.73. The van der Waals surface area contributed by atoms with Gasteiger partial charge in [0.1, 0.15) is 11.6 Å². The zero-order valence-electron chi connectivity index (χ0n) is 11.8. The Labute approximate surface area is 132 Å². The molecule has 1 aliphatic heterocycles. The van der Waals surface area contributed by atoms with Crippen molar-refractivity contribution in [3.8, 4) is 6.07 Å². The summed E-state index contributed by atoms with van der Waals surface area (Å²) in [5, 5.41) is 15.4. The molecule has 5 nitrogen and oxygen atoms in total. The Morgan fingerprint density at radius 1 is 1.48 bits per heavy atom. The summed E-state index contributed by atoms with van der Waals surface area (Å²) in [6, 6.07) is 7.76. The fraction of sp³-hybridized carbons (Fsp3) is 0.333. The second kappa shape index (κ2) is 7.25. The number of hydrogen-bond acceptors (Lipinski definition) is 4. The third kappa shape index (κ3) is 4.06. The molecule has 0 aliphatic carbocycles. The number of piperazine rings is 1. The van der Waals surface area contributed by atoms with E-state index in [9.17, 15) is 10.1 Å². The maximum absolute atomic E-state index is 12.2. The highest BCUT2D eigenvalue weighted by Crippen LogP contribution is 2.20. The first kappa shape index (κ1) is 15.5. The van der Waals surface area contributed by atoms with Crippen molar-refractivity contribution >= 4 is 27.5 Å². The summed E-state index contributed by atoms with van der Waals surface area (Å²) in [4.78, 5) is 13.9. The Kier molecular flexibility index (Phi) is 5.37. The first-order chi connectivity index (χ1) is 10.1. The van der Waals surface area contributed by atoms with Crippen molar-refractivity contribution in [2.75, 3.05) is 31.5 Å². The molecule has 2 rings (SSSR count). The van der Waals surface area contributed by atoms with Crippen LogP contribution >= 0.6 is 15.9 Å². The lowest BCUT2D eigenvalue weighted by molar-refractivity contribution is -0.127. The van der Waals surface area contributed by atoms with Gasteiger partial charge < -0.3 is 15.5 Å². The van der Waals surface area contributed by atoms with E-state index in [1.807, 2.05) is 31.2 Å². The molecule has 1 saturated heterocycles. The minimum absolute atomic E-state index is 0.124. The number of nitrogens with zero attached hydrogens (tertiary/aromatic N) is 2. The Bertz CT molecular complexity index is 600. The maximum Gasteiger partial charge on any atom is 0.266 e. The lowest BCUT2D eigenvalue weighted by Crippen LogP contribution is -2.46. The number of carbonyl (C=O) groups excluding carboxylic acids is 1. The predicted octanol–water partition coefficient (Wildman–Crippen LogP) is 2.01. The molecule has 1 heterocycles. The Morgan fingerprint density at radius 3 is 2.81 bits per heavy atom. The Hall–Kier alpha value is -1.84. The van der Waals surface area contributed by atoms with E-state index in [1.54, 1.807) is 4.90 Å². The molecule has 0 bridgehead atoms. The number of halogens is 1. The van der Waals surface area contributed by atoms with Crippen molar-refractivity contribution in [2.24, 2.45) is 0 Å². The normalized spacial score (nSPS) is 15.5. The summed E-state index contributed by atoms with van der Waals surface area (Å²) in [5.74, 6) is -0.221. The molecular formula is C15H17BrN4O. The monoisotopic (exact) mass is 348 g/mol. The average Bonchev–Trinajstić information content (AvgIpc) is 2.50. The van der Waals surface area contributed by atoms with E-state index in [4.69, 9.17) is 0 Å². The van der Waals surface area contributed by atoms with Crippen LogP contribution in [-0.2, 0) is 4.79 Å². The summed E-state index contributed by atoms with van der Waals surface area (Å²) in [5.41, 5.74) is 2.03. The number of rotatable bonds is 3. The van der Waals surface area contributed by atoms with Crippen LogP contribution in [0, 0.1) is 18.3 Å². The van der Waals surface area contributed by atoms with Crippen LogP contribution in [0.5, 0.6) is 0 Å². The lowest BCUT2D eigenvalue weighted by Gasteiger charge is -2.27. The van der Waals surface area contributed by atoms with Gasteiger partial charge in [0.05, 0.1) is 0 Å². The Morgan fingerprint density at radius 2 is 2.19 bits per heavy atom. The van der Waals surface area contributed by atoms with Crippen LogP contribution in [0.1, 0.15) is 5.56 Å². The molecule has 0 aromatic heterocycles. The van der Waals surface area contributed by atoms with Gasteiger partial charge >= 0.3 is 0 Å². The highest BCUT2D eigenvalue weighted by molar-refractivity contribution is 9.10. The summed E-state index contributed by atoms with van der Waals surface area (Å²) in [7, 11) is 0. The molecule has 0 spiro atoms. The third-order valence-electron chi connectivity index (χ3n) is 3.32. The van der Waals surface area contributed by atoms with Gasteiger partial charge in [0.25, 0.3) is 5.91 Å². The van der Waals surface area contributed by atoms with E-state index in [-0.39, 0.29) is 11.5 Å². The molecule has 0 atom stereocenters. The summed E-state index contributed by atoms with van der Waals surface area (Å²) < 4.78 is 0.993. The average molecular weight is 349 g/mol. The van der Waals surface area contributed by atoms with Crippen LogP contribution in [0.3, 0.4) is 0 Å². The largest absolute Gasteiger partial charge is 0.360 e. The summed E-state index contributed by atoms with van der Waals surface area (Å²) >= 11 is 3.40. The fourth-order valence-electron chi connectivity index (χ4n) is 2.12. The van der Waals surface area contributed by atoms with Crippen LogP contribution in [0.15, 0.2) is 34.4 Å². The van der Waals surface area contributed by atoms with E-state index in [0.29, 0.717) is 13.1 Å². The summed E-state index contributed by atoms with van der Waals surface area (Å²) in [6.07, 6.45) is 1.49. The molecule has 1 fully saturated rings. The Balaban J connectivity index is 2.09. The smallest absolute Gasteiger partial charge is 0.266 e. The number of hydrogen-bond donors (Lipinski definition) is 2. The van der Waals surface area contributed by atoms with Gasteiger partial charge in [-0.15, -0.1) is 0 Å². The topological polar surface area (TPSA) is 68.2 Å². The molecule has 2 N–H and O–H groups in total. The van der Waals surface area contributed by atoms with E-state index in [2.05, 4.69) is 26.6 Å². The van der Waals surface area contributed by atoms with Gasteiger partial charge in [-0.2, -0.15) is 5.26 Å². The van der Waals surface area contributed by atoms with Crippen molar-refractivity contribution in [2.45, 2.75) is 6.92 Å². The van der Waals surface area contributed by atoms with Gasteiger partial charge in [0.2, 0.25) is 0 Å². The third-order valence-corrected chi connectivity index (χ3v) is 3.81. The minimum atomic E-state index is -0.221. The van der Waals surface area contributed by atoms with Gasteiger partial charge in [0.15, 0.2) is 0 Å². The molecule has 0 unspecified atom stereocenters.